The molecular weight excluding hydrogens is 290 g/mol. The largest absolute Gasteiger partial charge is 0.383 e. The molecule has 0 unspecified atom stereocenters. The molecule has 1 aliphatic heterocycles. The quantitative estimate of drug-likeness (QED) is 0.840. The van der Waals surface area contributed by atoms with E-state index in [4.69, 9.17) is 4.74 Å². The van der Waals surface area contributed by atoms with Gasteiger partial charge in [-0.1, -0.05) is 30.3 Å². The van der Waals surface area contributed by atoms with E-state index >= 15 is 0 Å². The summed E-state index contributed by atoms with van der Waals surface area (Å²) < 4.78 is 4.92. The topological polar surface area (TPSA) is 44.8 Å². The van der Waals surface area contributed by atoms with Gasteiger partial charge < -0.3 is 15.0 Å². The van der Waals surface area contributed by atoms with Gasteiger partial charge in [0.05, 0.1) is 6.61 Å². The number of benzene rings is 1. The number of halogens is 1. The lowest BCUT2D eigenvalue weighted by Gasteiger charge is -2.34. The van der Waals surface area contributed by atoms with Crippen LogP contribution in [0.5, 0.6) is 0 Å². The predicted octanol–water partition coefficient (Wildman–Crippen LogP) is 1.58. The highest BCUT2D eigenvalue weighted by molar-refractivity contribution is 5.85. The van der Waals surface area contributed by atoms with Gasteiger partial charge in [-0.25, -0.2) is 4.79 Å². The van der Waals surface area contributed by atoms with Crippen molar-refractivity contribution < 1.29 is 9.53 Å². The number of piperazine rings is 1. The first-order valence-corrected chi connectivity index (χ1v) is 7.07. The molecule has 0 atom stereocenters. The van der Waals surface area contributed by atoms with Crippen LogP contribution in [0.25, 0.3) is 0 Å². The van der Waals surface area contributed by atoms with Gasteiger partial charge in [0.15, 0.2) is 0 Å². The molecule has 1 saturated heterocycles. The van der Waals surface area contributed by atoms with E-state index in [0.29, 0.717) is 13.2 Å². The van der Waals surface area contributed by atoms with Gasteiger partial charge in [-0.15, -0.1) is 12.4 Å². The minimum absolute atomic E-state index is 0. The van der Waals surface area contributed by atoms with Crippen molar-refractivity contribution in [3.63, 3.8) is 0 Å². The Hall–Kier alpha value is -1.30. The third-order valence-electron chi connectivity index (χ3n) is 3.49. The Morgan fingerprint density at radius 3 is 2.48 bits per heavy atom. The molecule has 1 aromatic carbocycles. The Morgan fingerprint density at radius 1 is 1.19 bits per heavy atom. The van der Waals surface area contributed by atoms with Crippen molar-refractivity contribution in [3.05, 3.63) is 35.9 Å². The van der Waals surface area contributed by atoms with Crippen molar-refractivity contribution in [1.82, 2.24) is 15.1 Å². The van der Waals surface area contributed by atoms with Crippen molar-refractivity contribution in [2.75, 3.05) is 46.4 Å². The summed E-state index contributed by atoms with van der Waals surface area (Å²) in [4.78, 5) is 16.1. The fourth-order valence-corrected chi connectivity index (χ4v) is 2.32. The molecule has 2 amide bonds. The molecule has 2 rings (SSSR count). The van der Waals surface area contributed by atoms with E-state index in [2.05, 4.69) is 34.5 Å². The van der Waals surface area contributed by atoms with Crippen LogP contribution in [-0.2, 0) is 11.3 Å². The molecular formula is C15H24ClN3O2. The van der Waals surface area contributed by atoms with E-state index in [0.717, 1.165) is 32.7 Å². The van der Waals surface area contributed by atoms with Crippen molar-refractivity contribution in [1.29, 1.82) is 0 Å². The number of methoxy groups -OCH3 is 1. The number of hydrogen-bond donors (Lipinski definition) is 1. The average Bonchev–Trinajstić information content (AvgIpc) is 2.49. The lowest BCUT2D eigenvalue weighted by molar-refractivity contribution is 0.132. The van der Waals surface area contributed by atoms with Crippen molar-refractivity contribution in [2.45, 2.75) is 6.54 Å². The SMILES string of the molecule is COCCNC(=O)N1CCN(Cc2ccccc2)CC1.Cl. The lowest BCUT2D eigenvalue weighted by Crippen LogP contribution is -2.51. The number of nitrogens with one attached hydrogen (secondary N) is 1. The highest BCUT2D eigenvalue weighted by atomic mass is 35.5. The fraction of sp³-hybridized carbons (Fsp3) is 0.533. The molecule has 1 heterocycles. The van der Waals surface area contributed by atoms with Crippen LogP contribution in [-0.4, -0.2) is 62.3 Å². The van der Waals surface area contributed by atoms with Crippen LogP contribution in [0.15, 0.2) is 30.3 Å². The summed E-state index contributed by atoms with van der Waals surface area (Å²) in [5, 5.41) is 2.86. The highest BCUT2D eigenvalue weighted by Crippen LogP contribution is 2.08. The zero-order chi connectivity index (χ0) is 14.2. The fourth-order valence-electron chi connectivity index (χ4n) is 2.32. The molecule has 21 heavy (non-hydrogen) atoms. The van der Waals surface area contributed by atoms with E-state index in [1.807, 2.05) is 11.0 Å². The van der Waals surface area contributed by atoms with E-state index in [1.165, 1.54) is 5.56 Å². The van der Waals surface area contributed by atoms with Crippen molar-refractivity contribution in [2.24, 2.45) is 0 Å². The minimum atomic E-state index is 0. The Balaban J connectivity index is 0.00000220. The number of carbonyl (C=O) groups is 1. The third kappa shape index (κ3) is 5.91. The molecule has 0 saturated carbocycles. The standard InChI is InChI=1S/C15H23N3O2.ClH/c1-20-12-7-16-15(19)18-10-8-17(9-11-18)13-14-5-3-2-4-6-14;/h2-6H,7-13H2,1H3,(H,16,19);1H. The van der Waals surface area contributed by atoms with Gasteiger partial charge in [-0.2, -0.15) is 0 Å². The summed E-state index contributed by atoms with van der Waals surface area (Å²) in [6.45, 7) is 5.50. The first kappa shape index (κ1) is 17.8. The van der Waals surface area contributed by atoms with Crippen LogP contribution in [0, 0.1) is 0 Å². The molecule has 6 heteroatoms. The number of nitrogens with zero attached hydrogens (tertiary/aromatic N) is 2. The molecule has 1 fully saturated rings. The first-order chi connectivity index (χ1) is 9.79. The molecule has 0 bridgehead atoms. The van der Waals surface area contributed by atoms with E-state index in [9.17, 15) is 4.79 Å². The molecule has 5 nitrogen and oxygen atoms in total. The van der Waals surface area contributed by atoms with E-state index in [1.54, 1.807) is 7.11 Å². The molecule has 0 aliphatic carbocycles. The van der Waals surface area contributed by atoms with Crippen LogP contribution >= 0.6 is 12.4 Å². The summed E-state index contributed by atoms with van der Waals surface area (Å²) in [6.07, 6.45) is 0. The summed E-state index contributed by atoms with van der Waals surface area (Å²) in [5.74, 6) is 0. The normalized spacial score (nSPS) is 15.4. The molecule has 0 spiro atoms. The Morgan fingerprint density at radius 2 is 1.86 bits per heavy atom. The maximum absolute atomic E-state index is 11.9. The predicted molar refractivity (Wildman–Crippen MR) is 85.8 cm³/mol. The summed E-state index contributed by atoms with van der Waals surface area (Å²) in [5.41, 5.74) is 1.32. The zero-order valence-electron chi connectivity index (χ0n) is 12.5. The van der Waals surface area contributed by atoms with Crippen LogP contribution in [0.1, 0.15) is 5.56 Å². The smallest absolute Gasteiger partial charge is 0.317 e. The van der Waals surface area contributed by atoms with Gasteiger partial charge in [0.2, 0.25) is 0 Å². The lowest BCUT2D eigenvalue weighted by atomic mass is 10.2. The van der Waals surface area contributed by atoms with Crippen molar-refractivity contribution >= 4 is 18.4 Å². The second-order valence-corrected chi connectivity index (χ2v) is 4.97. The highest BCUT2D eigenvalue weighted by Gasteiger charge is 2.20. The third-order valence-corrected chi connectivity index (χ3v) is 3.49. The molecule has 1 aliphatic rings. The van der Waals surface area contributed by atoms with Gasteiger partial charge in [-0.05, 0) is 5.56 Å². The molecule has 118 valence electrons. The summed E-state index contributed by atoms with van der Waals surface area (Å²) in [7, 11) is 1.63. The molecule has 0 radical (unpaired) electrons. The van der Waals surface area contributed by atoms with Crippen LogP contribution in [0.4, 0.5) is 4.79 Å². The second kappa shape index (κ2) is 9.60. The van der Waals surface area contributed by atoms with Crippen LogP contribution in [0.3, 0.4) is 0 Å². The monoisotopic (exact) mass is 313 g/mol. The summed E-state index contributed by atoms with van der Waals surface area (Å²) in [6, 6.07) is 10.5. The number of amides is 2. The number of urea groups is 1. The molecule has 0 aromatic heterocycles. The Labute approximate surface area is 132 Å². The Kier molecular flexibility index (Phi) is 8.12. The second-order valence-electron chi connectivity index (χ2n) is 4.97. The molecule has 1 aromatic rings. The van der Waals surface area contributed by atoms with Gasteiger partial charge >= 0.3 is 6.03 Å². The van der Waals surface area contributed by atoms with Crippen LogP contribution < -0.4 is 5.32 Å². The maximum atomic E-state index is 11.9. The van der Waals surface area contributed by atoms with Crippen LogP contribution in [0.2, 0.25) is 0 Å². The maximum Gasteiger partial charge on any atom is 0.317 e. The number of rotatable bonds is 5. The van der Waals surface area contributed by atoms with E-state index < -0.39 is 0 Å². The van der Waals surface area contributed by atoms with Gasteiger partial charge in [0.1, 0.15) is 0 Å². The zero-order valence-corrected chi connectivity index (χ0v) is 13.3. The summed E-state index contributed by atoms with van der Waals surface area (Å²) >= 11 is 0. The first-order valence-electron chi connectivity index (χ1n) is 7.07. The number of hydrogen-bond acceptors (Lipinski definition) is 3. The minimum Gasteiger partial charge on any atom is -0.383 e. The van der Waals surface area contributed by atoms with Crippen molar-refractivity contribution in [3.8, 4) is 0 Å². The number of carbonyl (C=O) groups excluding carboxylic acids is 1. The van der Waals surface area contributed by atoms with Gasteiger partial charge in [-0.3, -0.25) is 4.90 Å². The average molecular weight is 314 g/mol. The number of ether oxygens (including phenoxy) is 1. The van der Waals surface area contributed by atoms with Gasteiger partial charge in [0.25, 0.3) is 0 Å². The van der Waals surface area contributed by atoms with E-state index in [-0.39, 0.29) is 18.4 Å². The van der Waals surface area contributed by atoms with Gasteiger partial charge in [0, 0.05) is 46.4 Å². The molecule has 1 N–H and O–H groups in total. The Bertz CT molecular complexity index is 409.